The van der Waals surface area contributed by atoms with Gasteiger partial charge in [-0.25, -0.2) is 5.48 Å². The number of fused-ring (bicyclic) bond motifs is 1. The van der Waals surface area contributed by atoms with Gasteiger partial charge >= 0.3 is 5.91 Å². The van der Waals surface area contributed by atoms with E-state index in [1.807, 2.05) is 30.3 Å². The predicted molar refractivity (Wildman–Crippen MR) is 86.2 cm³/mol. The van der Waals surface area contributed by atoms with E-state index in [0.717, 1.165) is 11.6 Å². The van der Waals surface area contributed by atoms with Crippen LogP contribution in [0.2, 0.25) is 5.02 Å². The molecule has 1 heterocycles. The van der Waals surface area contributed by atoms with Crippen LogP contribution in [0, 0.1) is 0 Å². The summed E-state index contributed by atoms with van der Waals surface area (Å²) in [4.78, 5) is 29.1. The summed E-state index contributed by atoms with van der Waals surface area (Å²) in [7, 11) is 0. The molecule has 3 rings (SSSR count). The summed E-state index contributed by atoms with van der Waals surface area (Å²) in [6.07, 6.45) is 0. The maximum atomic E-state index is 12.0. The lowest BCUT2D eigenvalue weighted by molar-refractivity contribution is 0.0212. The van der Waals surface area contributed by atoms with E-state index in [4.69, 9.17) is 20.9 Å². The normalized spacial score (nSPS) is 10.7. The van der Waals surface area contributed by atoms with Gasteiger partial charge < -0.3 is 4.42 Å². The van der Waals surface area contributed by atoms with Gasteiger partial charge in [0.1, 0.15) is 5.58 Å². The third-order valence-electron chi connectivity index (χ3n) is 3.16. The fourth-order valence-corrected chi connectivity index (χ4v) is 2.22. The number of carbonyl (C=O) groups excluding carboxylic acids is 1. The van der Waals surface area contributed by atoms with Gasteiger partial charge in [-0.1, -0.05) is 41.9 Å². The molecule has 2 aromatic carbocycles. The molecule has 0 aliphatic carbocycles. The van der Waals surface area contributed by atoms with Crippen molar-refractivity contribution in [3.63, 3.8) is 0 Å². The van der Waals surface area contributed by atoms with E-state index < -0.39 is 5.91 Å². The molecule has 0 aliphatic heterocycles. The largest absolute Gasteiger partial charge is 0.451 e. The fraction of sp³-hybridized carbons (Fsp3) is 0.0588. The SMILES string of the molecule is O=C(NOCc1ccccc1)c1cc(=O)c2cc(Cl)ccc2o1. The van der Waals surface area contributed by atoms with Crippen molar-refractivity contribution in [3.05, 3.63) is 81.2 Å². The minimum atomic E-state index is -0.630. The smallest absolute Gasteiger partial charge is 0.310 e. The lowest BCUT2D eigenvalue weighted by atomic mass is 10.2. The minimum absolute atomic E-state index is 0.127. The van der Waals surface area contributed by atoms with E-state index in [1.54, 1.807) is 12.1 Å². The van der Waals surface area contributed by atoms with Crippen LogP contribution < -0.4 is 10.9 Å². The van der Waals surface area contributed by atoms with Crippen LogP contribution in [0.3, 0.4) is 0 Å². The lowest BCUT2D eigenvalue weighted by Crippen LogP contribution is -2.24. The second-order valence-corrected chi connectivity index (χ2v) is 5.26. The highest BCUT2D eigenvalue weighted by atomic mass is 35.5. The molecule has 23 heavy (non-hydrogen) atoms. The first-order valence-corrected chi connectivity index (χ1v) is 7.21. The molecule has 0 fully saturated rings. The van der Waals surface area contributed by atoms with Crippen molar-refractivity contribution < 1.29 is 14.0 Å². The monoisotopic (exact) mass is 329 g/mol. The Morgan fingerprint density at radius 1 is 1.13 bits per heavy atom. The zero-order chi connectivity index (χ0) is 16.2. The highest BCUT2D eigenvalue weighted by Gasteiger charge is 2.12. The second-order valence-electron chi connectivity index (χ2n) is 4.82. The van der Waals surface area contributed by atoms with Gasteiger partial charge in [0.2, 0.25) is 0 Å². The van der Waals surface area contributed by atoms with Crippen molar-refractivity contribution in [2.45, 2.75) is 6.61 Å². The van der Waals surface area contributed by atoms with Gasteiger partial charge in [0, 0.05) is 11.1 Å². The Hall–Kier alpha value is -2.63. The molecule has 116 valence electrons. The fourth-order valence-electron chi connectivity index (χ4n) is 2.05. The number of nitrogens with one attached hydrogen (secondary N) is 1. The first-order chi connectivity index (χ1) is 11.1. The Morgan fingerprint density at radius 2 is 1.91 bits per heavy atom. The van der Waals surface area contributed by atoms with Crippen LogP contribution in [-0.4, -0.2) is 5.91 Å². The average Bonchev–Trinajstić information content (AvgIpc) is 2.56. The van der Waals surface area contributed by atoms with Crippen molar-refractivity contribution in [1.29, 1.82) is 0 Å². The molecule has 0 saturated heterocycles. The zero-order valence-corrected chi connectivity index (χ0v) is 12.7. The predicted octanol–water partition coefficient (Wildman–Crippen LogP) is 3.31. The van der Waals surface area contributed by atoms with Crippen LogP contribution >= 0.6 is 11.6 Å². The third kappa shape index (κ3) is 3.59. The van der Waals surface area contributed by atoms with Crippen LogP contribution in [0.5, 0.6) is 0 Å². The molecule has 3 aromatic rings. The molecule has 0 spiro atoms. The summed E-state index contributed by atoms with van der Waals surface area (Å²) in [5.74, 6) is -0.757. The molecule has 6 heteroatoms. The van der Waals surface area contributed by atoms with Crippen molar-refractivity contribution in [3.8, 4) is 0 Å². The molecular weight excluding hydrogens is 318 g/mol. The zero-order valence-electron chi connectivity index (χ0n) is 11.9. The summed E-state index contributed by atoms with van der Waals surface area (Å²) < 4.78 is 5.41. The molecule has 0 radical (unpaired) electrons. The highest BCUT2D eigenvalue weighted by Crippen LogP contribution is 2.17. The first-order valence-electron chi connectivity index (χ1n) is 6.83. The van der Waals surface area contributed by atoms with Gasteiger partial charge in [0.15, 0.2) is 11.2 Å². The lowest BCUT2D eigenvalue weighted by Gasteiger charge is -2.06. The quantitative estimate of drug-likeness (QED) is 0.746. The summed E-state index contributed by atoms with van der Waals surface area (Å²) in [6, 6.07) is 15.1. The maximum Gasteiger partial charge on any atom is 0.310 e. The van der Waals surface area contributed by atoms with Crippen molar-refractivity contribution in [2.24, 2.45) is 0 Å². The number of hydrogen-bond donors (Lipinski definition) is 1. The number of hydroxylamine groups is 1. The Bertz CT molecular complexity index is 905. The van der Waals surface area contributed by atoms with Gasteiger partial charge in [-0.3, -0.25) is 14.4 Å². The van der Waals surface area contributed by atoms with E-state index in [9.17, 15) is 9.59 Å². The number of carbonyl (C=O) groups is 1. The number of hydrogen-bond acceptors (Lipinski definition) is 4. The van der Waals surface area contributed by atoms with E-state index >= 15 is 0 Å². The first kappa shape index (κ1) is 15.3. The molecular formula is C17H12ClNO4. The van der Waals surface area contributed by atoms with Gasteiger partial charge in [-0.2, -0.15) is 0 Å². The number of amides is 1. The van der Waals surface area contributed by atoms with Crippen LogP contribution in [0.25, 0.3) is 11.0 Å². The van der Waals surface area contributed by atoms with Crippen LogP contribution in [0.4, 0.5) is 0 Å². The number of rotatable bonds is 4. The van der Waals surface area contributed by atoms with Gasteiger partial charge in [-0.05, 0) is 23.8 Å². The second kappa shape index (κ2) is 6.64. The van der Waals surface area contributed by atoms with Gasteiger partial charge in [0.25, 0.3) is 0 Å². The van der Waals surface area contributed by atoms with E-state index in [1.165, 1.54) is 6.07 Å². The molecule has 1 N–H and O–H groups in total. The average molecular weight is 330 g/mol. The van der Waals surface area contributed by atoms with Crippen LogP contribution in [0.1, 0.15) is 16.1 Å². The standard InChI is InChI=1S/C17H12ClNO4/c18-12-6-7-15-13(8-12)14(20)9-16(23-15)17(21)19-22-10-11-4-2-1-3-5-11/h1-9H,10H2,(H,19,21). The summed E-state index contributed by atoms with van der Waals surface area (Å²) in [5, 5.41) is 0.743. The Labute approximate surface area is 136 Å². The molecule has 0 saturated carbocycles. The molecule has 0 aliphatic rings. The Morgan fingerprint density at radius 3 is 2.70 bits per heavy atom. The minimum Gasteiger partial charge on any atom is -0.451 e. The molecule has 1 amide bonds. The summed E-state index contributed by atoms with van der Waals surface area (Å²) in [6.45, 7) is 0.208. The Balaban J connectivity index is 1.73. The molecule has 0 atom stereocenters. The Kier molecular flexibility index (Phi) is 4.41. The molecule has 1 aromatic heterocycles. The van der Waals surface area contributed by atoms with E-state index in [-0.39, 0.29) is 23.4 Å². The highest BCUT2D eigenvalue weighted by molar-refractivity contribution is 6.31. The van der Waals surface area contributed by atoms with E-state index in [2.05, 4.69) is 5.48 Å². The van der Waals surface area contributed by atoms with E-state index in [0.29, 0.717) is 10.4 Å². The van der Waals surface area contributed by atoms with Gasteiger partial charge in [-0.15, -0.1) is 0 Å². The molecule has 0 bridgehead atoms. The van der Waals surface area contributed by atoms with Crippen LogP contribution in [-0.2, 0) is 11.4 Å². The van der Waals surface area contributed by atoms with Crippen LogP contribution in [0.15, 0.2) is 63.8 Å². The number of benzene rings is 2. The maximum absolute atomic E-state index is 12.0. The number of halogens is 1. The van der Waals surface area contributed by atoms with Crippen molar-refractivity contribution >= 4 is 28.5 Å². The third-order valence-corrected chi connectivity index (χ3v) is 3.39. The summed E-state index contributed by atoms with van der Waals surface area (Å²) in [5.41, 5.74) is 3.10. The van der Waals surface area contributed by atoms with Crippen molar-refractivity contribution in [2.75, 3.05) is 0 Å². The molecule has 0 unspecified atom stereocenters. The molecule has 5 nitrogen and oxygen atoms in total. The topological polar surface area (TPSA) is 68.5 Å². The van der Waals surface area contributed by atoms with Crippen molar-refractivity contribution in [1.82, 2.24) is 5.48 Å². The summed E-state index contributed by atoms with van der Waals surface area (Å²) >= 11 is 5.84. The van der Waals surface area contributed by atoms with Gasteiger partial charge in [0.05, 0.1) is 12.0 Å².